The molecule has 25 heavy (non-hydrogen) atoms. The molecular weight excluding hydrogens is 312 g/mol. The first kappa shape index (κ1) is 17.2. The third kappa shape index (κ3) is 3.16. The minimum atomic E-state index is -0.610. The lowest BCUT2D eigenvalue weighted by atomic mass is 9.85. The van der Waals surface area contributed by atoms with Gasteiger partial charge in [-0.15, -0.1) is 0 Å². The SMILES string of the molecule is Cc1cc(C)cc(NC(=O)CN2C(=O)C(C)(C)c3cc(C)ccc32)c1. The van der Waals surface area contributed by atoms with Crippen LogP contribution in [-0.4, -0.2) is 18.4 Å². The molecule has 130 valence electrons. The Hall–Kier alpha value is -2.62. The van der Waals surface area contributed by atoms with Crippen molar-refractivity contribution in [2.24, 2.45) is 0 Å². The van der Waals surface area contributed by atoms with Crippen LogP contribution < -0.4 is 10.2 Å². The van der Waals surface area contributed by atoms with Crippen molar-refractivity contribution < 1.29 is 9.59 Å². The second-order valence-corrected chi connectivity index (χ2v) is 7.46. The zero-order chi connectivity index (χ0) is 18.4. The predicted octanol–water partition coefficient (Wildman–Crippen LogP) is 3.87. The van der Waals surface area contributed by atoms with Crippen LogP contribution in [-0.2, 0) is 15.0 Å². The van der Waals surface area contributed by atoms with E-state index < -0.39 is 5.41 Å². The molecule has 0 radical (unpaired) electrons. The van der Waals surface area contributed by atoms with Crippen LogP contribution in [0, 0.1) is 20.8 Å². The molecule has 0 saturated heterocycles. The highest BCUT2D eigenvalue weighted by atomic mass is 16.2. The molecule has 0 aromatic heterocycles. The molecule has 0 fully saturated rings. The van der Waals surface area contributed by atoms with Gasteiger partial charge in [-0.05, 0) is 69.5 Å². The van der Waals surface area contributed by atoms with Crippen LogP contribution in [0.5, 0.6) is 0 Å². The molecule has 4 heteroatoms. The number of rotatable bonds is 3. The summed E-state index contributed by atoms with van der Waals surface area (Å²) in [6, 6.07) is 11.9. The van der Waals surface area contributed by atoms with Gasteiger partial charge in [-0.3, -0.25) is 9.59 Å². The summed E-state index contributed by atoms with van der Waals surface area (Å²) in [6.45, 7) is 9.84. The number of nitrogens with one attached hydrogen (secondary N) is 1. The number of nitrogens with zero attached hydrogens (tertiary/aromatic N) is 1. The summed E-state index contributed by atoms with van der Waals surface area (Å²) in [6.07, 6.45) is 0. The Bertz CT molecular complexity index is 848. The van der Waals surface area contributed by atoms with Crippen LogP contribution in [0.3, 0.4) is 0 Å². The monoisotopic (exact) mass is 336 g/mol. The van der Waals surface area contributed by atoms with Gasteiger partial charge in [0.1, 0.15) is 6.54 Å². The zero-order valence-corrected chi connectivity index (χ0v) is 15.4. The first-order valence-electron chi connectivity index (χ1n) is 8.50. The number of carbonyl (C=O) groups is 2. The van der Waals surface area contributed by atoms with Crippen LogP contribution >= 0.6 is 0 Å². The van der Waals surface area contributed by atoms with Gasteiger partial charge in [-0.25, -0.2) is 0 Å². The molecule has 0 unspecified atom stereocenters. The number of amides is 2. The molecule has 2 amide bonds. The van der Waals surface area contributed by atoms with Crippen molar-refractivity contribution >= 4 is 23.2 Å². The fraction of sp³-hybridized carbons (Fsp3) is 0.333. The Balaban J connectivity index is 1.83. The van der Waals surface area contributed by atoms with Gasteiger partial charge in [-0.1, -0.05) is 23.8 Å². The second kappa shape index (κ2) is 6.03. The smallest absolute Gasteiger partial charge is 0.244 e. The van der Waals surface area contributed by atoms with E-state index in [0.29, 0.717) is 0 Å². The summed E-state index contributed by atoms with van der Waals surface area (Å²) in [5, 5.41) is 2.91. The molecule has 0 saturated carbocycles. The molecule has 1 heterocycles. The number of hydrogen-bond donors (Lipinski definition) is 1. The van der Waals surface area contributed by atoms with Gasteiger partial charge in [0.25, 0.3) is 0 Å². The summed E-state index contributed by atoms with van der Waals surface area (Å²) in [4.78, 5) is 26.9. The highest BCUT2D eigenvalue weighted by molar-refractivity contribution is 6.11. The molecule has 0 aliphatic carbocycles. The summed E-state index contributed by atoms with van der Waals surface area (Å²) >= 11 is 0. The van der Waals surface area contributed by atoms with E-state index in [4.69, 9.17) is 0 Å². The van der Waals surface area contributed by atoms with Gasteiger partial charge in [0.15, 0.2) is 0 Å². The van der Waals surface area contributed by atoms with E-state index in [0.717, 1.165) is 33.6 Å². The average Bonchev–Trinajstić information content (AvgIpc) is 2.67. The molecule has 0 bridgehead atoms. The van der Waals surface area contributed by atoms with E-state index in [1.54, 1.807) is 4.90 Å². The van der Waals surface area contributed by atoms with Crippen molar-refractivity contribution in [1.82, 2.24) is 0 Å². The van der Waals surface area contributed by atoms with E-state index in [-0.39, 0.29) is 18.4 Å². The van der Waals surface area contributed by atoms with Crippen molar-refractivity contribution in [3.63, 3.8) is 0 Å². The van der Waals surface area contributed by atoms with Crippen molar-refractivity contribution in [3.8, 4) is 0 Å². The highest BCUT2D eigenvalue weighted by Crippen LogP contribution is 2.41. The summed E-state index contributed by atoms with van der Waals surface area (Å²) in [5.41, 5.74) is 5.26. The van der Waals surface area contributed by atoms with Crippen LogP contribution in [0.1, 0.15) is 36.1 Å². The minimum Gasteiger partial charge on any atom is -0.325 e. The average molecular weight is 336 g/mol. The fourth-order valence-corrected chi connectivity index (χ4v) is 3.50. The summed E-state index contributed by atoms with van der Waals surface area (Å²) in [7, 11) is 0. The van der Waals surface area contributed by atoms with Gasteiger partial charge >= 0.3 is 0 Å². The van der Waals surface area contributed by atoms with Crippen molar-refractivity contribution in [3.05, 3.63) is 58.7 Å². The molecule has 1 aliphatic heterocycles. The Morgan fingerprint density at radius 1 is 1.00 bits per heavy atom. The summed E-state index contributed by atoms with van der Waals surface area (Å²) < 4.78 is 0. The quantitative estimate of drug-likeness (QED) is 0.925. The fourth-order valence-electron chi connectivity index (χ4n) is 3.50. The lowest BCUT2D eigenvalue weighted by Gasteiger charge is -2.20. The third-order valence-electron chi connectivity index (χ3n) is 4.70. The number of hydrogen-bond acceptors (Lipinski definition) is 2. The predicted molar refractivity (Wildman–Crippen MR) is 101 cm³/mol. The first-order valence-corrected chi connectivity index (χ1v) is 8.50. The van der Waals surface area contributed by atoms with E-state index in [9.17, 15) is 9.59 Å². The van der Waals surface area contributed by atoms with Gasteiger partial charge in [0, 0.05) is 11.4 Å². The van der Waals surface area contributed by atoms with Gasteiger partial charge in [-0.2, -0.15) is 0 Å². The Morgan fingerprint density at radius 3 is 2.28 bits per heavy atom. The molecule has 0 spiro atoms. The lowest BCUT2D eigenvalue weighted by molar-refractivity contribution is -0.124. The molecule has 3 rings (SSSR count). The Kier molecular flexibility index (Phi) is 4.15. The maximum atomic E-state index is 12.8. The van der Waals surface area contributed by atoms with E-state index >= 15 is 0 Å². The van der Waals surface area contributed by atoms with Gasteiger partial charge in [0.2, 0.25) is 11.8 Å². The number of fused-ring (bicyclic) bond motifs is 1. The van der Waals surface area contributed by atoms with Gasteiger partial charge < -0.3 is 10.2 Å². The number of carbonyl (C=O) groups excluding carboxylic acids is 2. The molecule has 0 atom stereocenters. The number of aryl methyl sites for hydroxylation is 3. The van der Waals surface area contributed by atoms with Gasteiger partial charge in [0.05, 0.1) is 5.41 Å². The molecule has 2 aromatic rings. The highest BCUT2D eigenvalue weighted by Gasteiger charge is 2.44. The van der Waals surface area contributed by atoms with Crippen LogP contribution in [0.25, 0.3) is 0 Å². The van der Waals surface area contributed by atoms with Crippen LogP contribution in [0.15, 0.2) is 36.4 Å². The maximum absolute atomic E-state index is 12.8. The third-order valence-corrected chi connectivity index (χ3v) is 4.70. The van der Waals surface area contributed by atoms with E-state index in [1.807, 2.05) is 65.0 Å². The van der Waals surface area contributed by atoms with Crippen molar-refractivity contribution in [2.75, 3.05) is 16.8 Å². The maximum Gasteiger partial charge on any atom is 0.244 e. The molecule has 1 aliphatic rings. The molecule has 1 N–H and O–H groups in total. The number of benzene rings is 2. The van der Waals surface area contributed by atoms with Crippen molar-refractivity contribution in [2.45, 2.75) is 40.0 Å². The number of anilines is 2. The largest absolute Gasteiger partial charge is 0.325 e. The Labute approximate surface area is 148 Å². The van der Waals surface area contributed by atoms with Crippen molar-refractivity contribution in [1.29, 1.82) is 0 Å². The lowest BCUT2D eigenvalue weighted by Crippen LogP contribution is -2.40. The topological polar surface area (TPSA) is 49.4 Å². The zero-order valence-electron chi connectivity index (χ0n) is 15.4. The molecule has 2 aromatic carbocycles. The first-order chi connectivity index (χ1) is 11.7. The second-order valence-electron chi connectivity index (χ2n) is 7.46. The molecule has 4 nitrogen and oxygen atoms in total. The normalized spacial score (nSPS) is 15.2. The van der Waals surface area contributed by atoms with E-state index in [1.165, 1.54) is 0 Å². The summed E-state index contributed by atoms with van der Waals surface area (Å²) in [5.74, 6) is -0.230. The molecular formula is C21H24N2O2. The van der Waals surface area contributed by atoms with E-state index in [2.05, 4.69) is 11.4 Å². The van der Waals surface area contributed by atoms with Crippen LogP contribution in [0.4, 0.5) is 11.4 Å². The Morgan fingerprint density at radius 2 is 1.64 bits per heavy atom. The van der Waals surface area contributed by atoms with Crippen LogP contribution in [0.2, 0.25) is 0 Å². The standard InChI is InChI=1S/C21H24N2O2/c1-13-6-7-18-17(11-13)21(4,5)20(25)23(18)12-19(24)22-16-9-14(2)8-15(3)10-16/h6-11H,12H2,1-5H3,(H,22,24). The minimum absolute atomic E-state index is 0.0192.